The minimum atomic E-state index is -0.523. The molecular formula is C24H29N3O6. The molecule has 1 aliphatic heterocycles. The summed E-state index contributed by atoms with van der Waals surface area (Å²) in [7, 11) is 2.71. The lowest BCUT2D eigenvalue weighted by Gasteiger charge is -2.36. The molecule has 1 heterocycles. The van der Waals surface area contributed by atoms with E-state index in [1.54, 1.807) is 12.1 Å². The normalized spacial score (nSPS) is 13.3. The Kier molecular flexibility index (Phi) is 8.51. The van der Waals surface area contributed by atoms with Crippen molar-refractivity contribution in [1.82, 2.24) is 10.2 Å². The van der Waals surface area contributed by atoms with Gasteiger partial charge in [0.15, 0.2) is 18.1 Å². The van der Waals surface area contributed by atoms with Crippen molar-refractivity contribution in [3.63, 3.8) is 0 Å². The maximum atomic E-state index is 12.5. The Labute approximate surface area is 193 Å². The van der Waals surface area contributed by atoms with Crippen LogP contribution in [-0.4, -0.2) is 76.2 Å². The first-order chi connectivity index (χ1) is 16.0. The number of methoxy groups -OCH3 is 2. The molecule has 0 aromatic heterocycles. The van der Waals surface area contributed by atoms with Crippen LogP contribution >= 0.6 is 0 Å². The third kappa shape index (κ3) is 6.61. The third-order valence-electron chi connectivity index (χ3n) is 5.38. The number of ether oxygens (including phenoxy) is 3. The fourth-order valence-corrected chi connectivity index (χ4v) is 3.52. The summed E-state index contributed by atoms with van der Waals surface area (Å²) in [6.07, 6.45) is 0.231. The second kappa shape index (κ2) is 11.8. The highest BCUT2D eigenvalue weighted by atomic mass is 16.6. The number of esters is 1. The molecule has 2 aromatic carbocycles. The van der Waals surface area contributed by atoms with Crippen LogP contribution in [0.15, 0.2) is 48.5 Å². The van der Waals surface area contributed by atoms with Gasteiger partial charge in [0, 0.05) is 50.4 Å². The largest absolute Gasteiger partial charge is 0.493 e. The van der Waals surface area contributed by atoms with Gasteiger partial charge in [0.2, 0.25) is 5.91 Å². The maximum absolute atomic E-state index is 12.5. The number of carbonyl (C=O) groups excluding carboxylic acids is 3. The molecule has 1 saturated heterocycles. The lowest BCUT2D eigenvalue weighted by Crippen LogP contribution is -2.49. The van der Waals surface area contributed by atoms with Crippen LogP contribution in [0, 0.1) is 0 Å². The molecule has 176 valence electrons. The molecule has 2 aromatic rings. The number of piperazine rings is 1. The highest BCUT2D eigenvalue weighted by Gasteiger charge is 2.21. The summed E-state index contributed by atoms with van der Waals surface area (Å²) in [5, 5.41) is 2.77. The first kappa shape index (κ1) is 23.9. The molecule has 0 unspecified atom stereocenters. The zero-order chi connectivity index (χ0) is 23.6. The van der Waals surface area contributed by atoms with E-state index in [1.807, 2.05) is 23.1 Å². The lowest BCUT2D eigenvalue weighted by atomic mass is 10.2. The number of benzene rings is 2. The molecule has 0 bridgehead atoms. The van der Waals surface area contributed by atoms with Crippen molar-refractivity contribution >= 4 is 23.5 Å². The number of carbonyl (C=O) groups is 3. The van der Waals surface area contributed by atoms with Gasteiger partial charge in [-0.25, -0.2) is 4.79 Å². The van der Waals surface area contributed by atoms with E-state index in [1.165, 1.54) is 20.3 Å². The number of para-hydroxylation sites is 1. The summed E-state index contributed by atoms with van der Waals surface area (Å²) in [6.45, 7) is 2.86. The Bertz CT molecular complexity index is 958. The molecule has 0 radical (unpaired) electrons. The predicted octanol–water partition coefficient (Wildman–Crippen LogP) is 1.72. The highest BCUT2D eigenvalue weighted by molar-refractivity contribution is 5.95. The minimum Gasteiger partial charge on any atom is -0.493 e. The van der Waals surface area contributed by atoms with Gasteiger partial charge in [-0.15, -0.1) is 0 Å². The van der Waals surface area contributed by atoms with E-state index in [-0.39, 0.29) is 31.4 Å². The van der Waals surface area contributed by atoms with Crippen LogP contribution in [-0.2, 0) is 14.3 Å². The van der Waals surface area contributed by atoms with E-state index in [9.17, 15) is 14.4 Å². The molecule has 9 nitrogen and oxygen atoms in total. The van der Waals surface area contributed by atoms with Gasteiger partial charge in [0.25, 0.3) is 5.91 Å². The van der Waals surface area contributed by atoms with Crippen molar-refractivity contribution < 1.29 is 28.6 Å². The third-order valence-corrected chi connectivity index (χ3v) is 5.38. The van der Waals surface area contributed by atoms with E-state index in [0.29, 0.717) is 30.2 Å². The zero-order valence-corrected chi connectivity index (χ0v) is 18.9. The van der Waals surface area contributed by atoms with Gasteiger partial charge in [-0.05, 0) is 30.3 Å². The van der Waals surface area contributed by atoms with Crippen molar-refractivity contribution in [2.45, 2.75) is 6.42 Å². The molecule has 1 aliphatic rings. The summed E-state index contributed by atoms with van der Waals surface area (Å²) in [5.41, 5.74) is 1.52. The number of rotatable bonds is 9. The van der Waals surface area contributed by atoms with Gasteiger partial charge in [-0.2, -0.15) is 0 Å². The van der Waals surface area contributed by atoms with E-state index >= 15 is 0 Å². The van der Waals surface area contributed by atoms with Crippen LogP contribution < -0.4 is 19.7 Å². The molecule has 9 heteroatoms. The molecule has 33 heavy (non-hydrogen) atoms. The number of amides is 2. The predicted molar refractivity (Wildman–Crippen MR) is 123 cm³/mol. The second-order valence-corrected chi connectivity index (χ2v) is 7.44. The van der Waals surface area contributed by atoms with E-state index in [0.717, 1.165) is 18.8 Å². The van der Waals surface area contributed by atoms with Crippen LogP contribution in [0.3, 0.4) is 0 Å². The molecule has 0 saturated carbocycles. The van der Waals surface area contributed by atoms with Crippen molar-refractivity contribution in [3.8, 4) is 11.5 Å². The van der Waals surface area contributed by atoms with Gasteiger partial charge >= 0.3 is 5.97 Å². The fourth-order valence-electron chi connectivity index (χ4n) is 3.52. The number of hydrogen-bond acceptors (Lipinski definition) is 7. The monoisotopic (exact) mass is 455 g/mol. The van der Waals surface area contributed by atoms with Gasteiger partial charge in [0.1, 0.15) is 0 Å². The SMILES string of the molecule is COC(=O)COc1ccc(C(=O)NCCC(=O)N2CCN(c3ccccc3)CC2)cc1OC. The summed E-state index contributed by atoms with van der Waals surface area (Å²) in [4.78, 5) is 40.4. The number of hydrogen-bond donors (Lipinski definition) is 1. The first-order valence-corrected chi connectivity index (χ1v) is 10.8. The minimum absolute atomic E-state index is 0.0205. The molecule has 1 fully saturated rings. The highest BCUT2D eigenvalue weighted by Crippen LogP contribution is 2.28. The van der Waals surface area contributed by atoms with Crippen molar-refractivity contribution in [1.29, 1.82) is 0 Å². The number of nitrogens with one attached hydrogen (secondary N) is 1. The van der Waals surface area contributed by atoms with E-state index < -0.39 is 5.97 Å². The summed E-state index contributed by atoms with van der Waals surface area (Å²) >= 11 is 0. The van der Waals surface area contributed by atoms with Gasteiger partial charge < -0.3 is 29.3 Å². The topological polar surface area (TPSA) is 97.4 Å². The van der Waals surface area contributed by atoms with Crippen LogP contribution in [0.5, 0.6) is 11.5 Å². The van der Waals surface area contributed by atoms with Crippen LogP contribution in [0.4, 0.5) is 5.69 Å². The van der Waals surface area contributed by atoms with Crippen molar-refractivity contribution in [3.05, 3.63) is 54.1 Å². The smallest absolute Gasteiger partial charge is 0.343 e. The Hall–Kier alpha value is -3.75. The van der Waals surface area contributed by atoms with Gasteiger partial charge in [-0.3, -0.25) is 9.59 Å². The van der Waals surface area contributed by atoms with Gasteiger partial charge in [0.05, 0.1) is 14.2 Å². The molecule has 1 N–H and O–H groups in total. The summed E-state index contributed by atoms with van der Waals surface area (Å²) < 4.78 is 15.1. The van der Waals surface area contributed by atoms with Gasteiger partial charge in [-0.1, -0.05) is 18.2 Å². The zero-order valence-electron chi connectivity index (χ0n) is 18.9. The average molecular weight is 456 g/mol. The standard InChI is InChI=1S/C24H29N3O6/c1-31-21-16-18(8-9-20(21)33-17-23(29)32-2)24(30)25-11-10-22(28)27-14-12-26(13-15-27)19-6-4-3-5-7-19/h3-9,16H,10-15,17H2,1-2H3,(H,25,30). The number of nitrogens with zero attached hydrogens (tertiary/aromatic N) is 2. The van der Waals surface area contributed by atoms with E-state index in [2.05, 4.69) is 27.1 Å². The van der Waals surface area contributed by atoms with Crippen molar-refractivity contribution in [2.24, 2.45) is 0 Å². The molecular weight excluding hydrogens is 426 g/mol. The quantitative estimate of drug-likeness (QED) is 0.575. The summed E-state index contributed by atoms with van der Waals surface area (Å²) in [6, 6.07) is 14.8. The first-order valence-electron chi connectivity index (χ1n) is 10.8. The maximum Gasteiger partial charge on any atom is 0.343 e. The van der Waals surface area contributed by atoms with Crippen molar-refractivity contribution in [2.75, 3.05) is 58.5 Å². The number of anilines is 1. The Balaban J connectivity index is 1.44. The molecule has 3 rings (SSSR count). The van der Waals surface area contributed by atoms with E-state index in [4.69, 9.17) is 9.47 Å². The Morgan fingerprint density at radius 3 is 2.33 bits per heavy atom. The van der Waals surface area contributed by atoms with Crippen LogP contribution in [0.25, 0.3) is 0 Å². The fraction of sp³-hybridized carbons (Fsp3) is 0.375. The Morgan fingerprint density at radius 2 is 1.67 bits per heavy atom. The van der Waals surface area contributed by atoms with Crippen LogP contribution in [0.2, 0.25) is 0 Å². The Morgan fingerprint density at radius 1 is 0.939 bits per heavy atom. The average Bonchev–Trinajstić information content (AvgIpc) is 2.87. The molecule has 0 spiro atoms. The molecule has 0 aliphatic carbocycles. The lowest BCUT2D eigenvalue weighted by molar-refractivity contribution is -0.143. The molecule has 0 atom stereocenters. The molecule has 2 amide bonds. The van der Waals surface area contributed by atoms with Crippen LogP contribution in [0.1, 0.15) is 16.8 Å². The second-order valence-electron chi connectivity index (χ2n) is 7.44. The summed E-state index contributed by atoms with van der Waals surface area (Å²) in [5.74, 6) is -0.185.